The highest BCUT2D eigenvalue weighted by Crippen LogP contribution is 2.16. The second-order valence-corrected chi connectivity index (χ2v) is 9.14. The third-order valence-electron chi connectivity index (χ3n) is 5.46. The van der Waals surface area contributed by atoms with Crippen LogP contribution in [-0.4, -0.2) is 71.5 Å². The summed E-state index contributed by atoms with van der Waals surface area (Å²) in [5.74, 6) is 1.17. The van der Waals surface area contributed by atoms with Crippen LogP contribution in [0.1, 0.15) is 32.6 Å². The number of rotatable bonds is 21. The van der Waals surface area contributed by atoms with Crippen molar-refractivity contribution in [1.82, 2.24) is 5.32 Å². The third-order valence-corrected chi connectivity index (χ3v) is 5.71. The molecule has 2 aromatic rings. The number of hydrogen-bond donors (Lipinski definition) is 2. The summed E-state index contributed by atoms with van der Waals surface area (Å²) in [4.78, 5) is 16.2. The van der Waals surface area contributed by atoms with Crippen molar-refractivity contribution in [2.24, 2.45) is 4.99 Å². The largest absolute Gasteiger partial charge is 0.513 e. The van der Waals surface area contributed by atoms with Gasteiger partial charge in [0.1, 0.15) is 12.4 Å². The molecule has 12 nitrogen and oxygen atoms in total. The first-order valence-corrected chi connectivity index (χ1v) is 14.4. The first-order valence-electron chi connectivity index (χ1n) is 14.0. The number of carbonyl (C=O) groups is 1. The number of halogens is 1. The Balaban J connectivity index is 1.55. The van der Waals surface area contributed by atoms with E-state index in [-0.39, 0.29) is 19.9 Å². The van der Waals surface area contributed by atoms with Crippen LogP contribution in [0.25, 0.3) is 0 Å². The number of carbonyl (C=O) groups excluding carboxylic acids is 1. The van der Waals surface area contributed by atoms with E-state index in [1.54, 1.807) is 29.1 Å². The predicted molar refractivity (Wildman–Crippen MR) is 157 cm³/mol. The lowest BCUT2D eigenvalue weighted by Gasteiger charge is -2.08. The van der Waals surface area contributed by atoms with Crippen molar-refractivity contribution in [3.8, 4) is 11.9 Å². The van der Waals surface area contributed by atoms with Gasteiger partial charge in [0.2, 0.25) is 5.96 Å². The van der Waals surface area contributed by atoms with E-state index in [2.05, 4.69) is 15.6 Å². The molecule has 13 heteroatoms. The molecule has 1 aromatic heterocycles. The van der Waals surface area contributed by atoms with Crippen molar-refractivity contribution < 1.29 is 37.8 Å². The third kappa shape index (κ3) is 17.2. The summed E-state index contributed by atoms with van der Waals surface area (Å²) in [5.41, 5.74) is 0.716. The number of aromatic nitrogens is 1. The summed E-state index contributed by atoms with van der Waals surface area (Å²) in [6.45, 7) is 6.05. The molecule has 0 saturated carbocycles. The summed E-state index contributed by atoms with van der Waals surface area (Å²) >= 11 is 5.87. The first-order chi connectivity index (χ1) is 20.6. The van der Waals surface area contributed by atoms with Gasteiger partial charge in [-0.3, -0.25) is 10.3 Å². The SMILES string of the molecule is CCOCCOCCOCCOC(=O)OC[n+]1ccc(NC(=NCCCCCCOc2ccc(Cl)cc2)NC#N)cc1. The number of pyridine rings is 1. The minimum atomic E-state index is -0.789. The van der Waals surface area contributed by atoms with Crippen molar-refractivity contribution in [2.75, 3.05) is 64.7 Å². The van der Waals surface area contributed by atoms with Crippen LogP contribution < -0.4 is 19.9 Å². The van der Waals surface area contributed by atoms with Gasteiger partial charge in [-0.1, -0.05) is 18.0 Å². The van der Waals surface area contributed by atoms with Crippen LogP contribution >= 0.6 is 11.6 Å². The van der Waals surface area contributed by atoms with Gasteiger partial charge in [-0.2, -0.15) is 9.83 Å². The molecule has 2 N–H and O–H groups in total. The summed E-state index contributed by atoms with van der Waals surface area (Å²) < 4.78 is 33.2. The molecule has 0 spiro atoms. The minimum absolute atomic E-state index is 0.0181. The lowest BCUT2D eigenvalue weighted by molar-refractivity contribution is -0.727. The van der Waals surface area contributed by atoms with E-state index in [1.807, 2.05) is 37.4 Å². The molecule has 0 amide bonds. The zero-order valence-corrected chi connectivity index (χ0v) is 24.9. The number of anilines is 1. The van der Waals surface area contributed by atoms with Crippen molar-refractivity contribution >= 4 is 29.4 Å². The zero-order valence-electron chi connectivity index (χ0n) is 24.1. The second-order valence-electron chi connectivity index (χ2n) is 8.70. The molecule has 1 heterocycles. The first kappa shape index (κ1) is 34.6. The predicted octanol–water partition coefficient (Wildman–Crippen LogP) is 4.29. The highest BCUT2D eigenvalue weighted by molar-refractivity contribution is 6.30. The van der Waals surface area contributed by atoms with Crippen molar-refractivity contribution in [3.63, 3.8) is 0 Å². The molecule has 0 atom stereocenters. The van der Waals surface area contributed by atoms with Crippen LogP contribution in [0, 0.1) is 11.5 Å². The van der Waals surface area contributed by atoms with E-state index in [0.717, 1.165) is 31.4 Å². The van der Waals surface area contributed by atoms with E-state index in [9.17, 15) is 4.79 Å². The van der Waals surface area contributed by atoms with Crippen LogP contribution in [0.4, 0.5) is 10.5 Å². The number of ether oxygens (including phenoxy) is 6. The fourth-order valence-electron chi connectivity index (χ4n) is 3.34. The number of nitrogens with zero attached hydrogens (tertiary/aromatic N) is 3. The van der Waals surface area contributed by atoms with E-state index >= 15 is 0 Å². The maximum Gasteiger partial charge on any atom is 0.513 e. The molecule has 0 radical (unpaired) electrons. The van der Waals surface area contributed by atoms with Crippen molar-refractivity contribution in [2.45, 2.75) is 39.3 Å². The van der Waals surface area contributed by atoms with Gasteiger partial charge in [0, 0.05) is 30.3 Å². The number of benzene rings is 1. The van der Waals surface area contributed by atoms with Gasteiger partial charge in [-0.25, -0.2) is 4.79 Å². The molecule has 0 aliphatic carbocycles. The Bertz CT molecular complexity index is 1070. The number of hydrogen-bond acceptors (Lipinski definition) is 9. The maximum absolute atomic E-state index is 11.8. The number of guanidine groups is 1. The molecule has 42 heavy (non-hydrogen) atoms. The standard InChI is InChI=1S/C29H40ClN5O7/c1-2-37-17-18-38-19-20-39-21-22-41-29(36)42-24-35-14-11-26(12-15-35)34-28(33-23-31)32-13-5-3-4-6-16-40-27-9-7-25(30)8-10-27/h7-12,14-15H,2-6,13,16-22,24H2,1H3,(H,32,33)/p+1. The highest BCUT2D eigenvalue weighted by Gasteiger charge is 2.09. The van der Waals surface area contributed by atoms with Gasteiger partial charge in [-0.05, 0) is 50.5 Å². The number of aliphatic imine (C=N–C) groups is 1. The average molecular weight is 607 g/mol. The number of nitriles is 1. The molecule has 2 rings (SSSR count). The van der Waals surface area contributed by atoms with Gasteiger partial charge in [0.15, 0.2) is 18.6 Å². The van der Waals surface area contributed by atoms with Crippen LogP contribution in [0.2, 0.25) is 5.02 Å². The zero-order chi connectivity index (χ0) is 30.1. The lowest BCUT2D eigenvalue weighted by atomic mass is 10.2. The van der Waals surface area contributed by atoms with Crippen LogP contribution in [0.15, 0.2) is 53.8 Å². The van der Waals surface area contributed by atoms with Crippen LogP contribution in [0.3, 0.4) is 0 Å². The molecular weight excluding hydrogens is 566 g/mol. The monoisotopic (exact) mass is 606 g/mol. The Kier molecular flexibility index (Phi) is 18.9. The van der Waals surface area contributed by atoms with E-state index in [0.29, 0.717) is 62.9 Å². The van der Waals surface area contributed by atoms with Crippen LogP contribution in [-0.2, 0) is 30.4 Å². The Morgan fingerprint density at radius 2 is 1.55 bits per heavy atom. The molecule has 0 saturated heterocycles. The van der Waals surface area contributed by atoms with E-state index < -0.39 is 6.16 Å². The number of nitrogens with one attached hydrogen (secondary N) is 2. The summed E-state index contributed by atoms with van der Waals surface area (Å²) in [7, 11) is 0. The van der Waals surface area contributed by atoms with Crippen molar-refractivity contribution in [1.29, 1.82) is 5.26 Å². The topological polar surface area (TPSA) is 137 Å². The van der Waals surface area contributed by atoms with Gasteiger partial charge in [0.05, 0.1) is 45.3 Å². The minimum Gasteiger partial charge on any atom is -0.494 e. The van der Waals surface area contributed by atoms with Crippen molar-refractivity contribution in [3.05, 3.63) is 53.8 Å². The molecule has 0 aliphatic rings. The van der Waals surface area contributed by atoms with Crippen LogP contribution in [0.5, 0.6) is 5.75 Å². The quantitative estimate of drug-likeness (QED) is 0.0403. The van der Waals surface area contributed by atoms with Gasteiger partial charge < -0.3 is 33.7 Å². The Morgan fingerprint density at radius 1 is 0.881 bits per heavy atom. The smallest absolute Gasteiger partial charge is 0.494 e. The number of unbranched alkanes of at least 4 members (excludes halogenated alkanes) is 3. The molecular formula is C29H41ClN5O7+. The summed E-state index contributed by atoms with van der Waals surface area (Å²) in [5, 5.41) is 15.4. The average Bonchev–Trinajstić information content (AvgIpc) is 3.00. The normalized spacial score (nSPS) is 11.0. The van der Waals surface area contributed by atoms with E-state index in [1.165, 1.54) is 0 Å². The highest BCUT2D eigenvalue weighted by atomic mass is 35.5. The summed E-state index contributed by atoms with van der Waals surface area (Å²) in [6, 6.07) is 10.9. The molecule has 0 unspecified atom stereocenters. The second kappa shape index (κ2) is 23.0. The molecule has 1 aromatic carbocycles. The van der Waals surface area contributed by atoms with Gasteiger partial charge in [0.25, 0.3) is 6.73 Å². The fraction of sp³-hybridized carbons (Fsp3) is 0.517. The molecule has 0 bridgehead atoms. The fourth-order valence-corrected chi connectivity index (χ4v) is 3.47. The summed E-state index contributed by atoms with van der Waals surface area (Å²) in [6.07, 6.45) is 8.40. The van der Waals surface area contributed by atoms with Gasteiger partial charge >= 0.3 is 6.16 Å². The Morgan fingerprint density at radius 3 is 2.24 bits per heavy atom. The molecule has 230 valence electrons. The molecule has 0 aliphatic heterocycles. The van der Waals surface area contributed by atoms with E-state index in [4.69, 9.17) is 45.3 Å². The Labute approximate surface area is 252 Å². The van der Waals surface area contributed by atoms with Gasteiger partial charge in [-0.15, -0.1) is 0 Å². The maximum atomic E-state index is 11.8. The lowest BCUT2D eigenvalue weighted by Crippen LogP contribution is -2.36. The molecule has 0 fully saturated rings. The Hall–Kier alpha value is -3.63.